The van der Waals surface area contributed by atoms with Crippen LogP contribution in [0.5, 0.6) is 0 Å². The summed E-state index contributed by atoms with van der Waals surface area (Å²) in [6.45, 7) is 2.86. The molecule has 1 aliphatic carbocycles. The van der Waals surface area contributed by atoms with Crippen LogP contribution in [-0.4, -0.2) is 29.0 Å². The largest absolute Gasteiger partial charge is 0.418 e. The average Bonchev–Trinajstić information content (AvgIpc) is 3.22. The molecule has 0 unspecified atom stereocenters. The minimum absolute atomic E-state index is 0.0424. The van der Waals surface area contributed by atoms with E-state index in [9.17, 15) is 18.0 Å². The van der Waals surface area contributed by atoms with Crippen LogP contribution in [-0.2, 0) is 24.4 Å². The van der Waals surface area contributed by atoms with Crippen LogP contribution in [0.25, 0.3) is 0 Å². The topological polar surface area (TPSA) is 84.1 Å². The van der Waals surface area contributed by atoms with Gasteiger partial charge in [-0.3, -0.25) is 4.79 Å². The first-order valence-corrected chi connectivity index (χ1v) is 12.7. The van der Waals surface area contributed by atoms with Crippen molar-refractivity contribution in [2.75, 3.05) is 23.3 Å². The number of aryl methyl sites for hydroxylation is 2. The highest BCUT2D eigenvalue weighted by Crippen LogP contribution is 2.48. The van der Waals surface area contributed by atoms with Gasteiger partial charge in [-0.25, -0.2) is 9.97 Å². The van der Waals surface area contributed by atoms with Crippen LogP contribution in [0.1, 0.15) is 59.1 Å². The SMILES string of the molecule is CCc1nc(C(N)=O)c(Nc2ccc(N3CCC4(CCc5ccccc54)CC3)c(C(F)(F)F)c2)nc1Cl. The predicted molar refractivity (Wildman–Crippen MR) is 138 cm³/mol. The molecule has 194 valence electrons. The number of fused-ring (bicyclic) bond motifs is 2. The Balaban J connectivity index is 1.42. The summed E-state index contributed by atoms with van der Waals surface area (Å²) in [6, 6.07) is 12.4. The summed E-state index contributed by atoms with van der Waals surface area (Å²) >= 11 is 6.13. The Morgan fingerprint density at radius 1 is 1.14 bits per heavy atom. The second kappa shape index (κ2) is 9.52. The van der Waals surface area contributed by atoms with Crippen molar-refractivity contribution in [3.63, 3.8) is 0 Å². The van der Waals surface area contributed by atoms with Crippen molar-refractivity contribution < 1.29 is 18.0 Å². The molecule has 1 aromatic heterocycles. The summed E-state index contributed by atoms with van der Waals surface area (Å²) in [6.07, 6.45) is -0.490. The highest BCUT2D eigenvalue weighted by atomic mass is 35.5. The molecule has 1 aliphatic heterocycles. The van der Waals surface area contributed by atoms with Crippen LogP contribution in [0.15, 0.2) is 42.5 Å². The molecule has 0 saturated carbocycles. The number of halogens is 4. The fourth-order valence-corrected chi connectivity index (χ4v) is 5.91. The number of anilines is 3. The number of piperidine rings is 1. The van der Waals surface area contributed by atoms with Crippen molar-refractivity contribution >= 4 is 34.7 Å². The molecular formula is C27H27ClF3N5O. The number of nitrogens with two attached hydrogens (primary N) is 1. The van der Waals surface area contributed by atoms with E-state index in [1.807, 2.05) is 17.0 Å². The zero-order valence-electron chi connectivity index (χ0n) is 20.3. The minimum atomic E-state index is -4.58. The normalized spacial score (nSPS) is 16.6. The minimum Gasteiger partial charge on any atom is -0.371 e. The third kappa shape index (κ3) is 4.72. The van der Waals surface area contributed by atoms with Gasteiger partial charge in [-0.05, 0) is 66.8 Å². The van der Waals surface area contributed by atoms with Gasteiger partial charge in [-0.15, -0.1) is 0 Å². The maximum absolute atomic E-state index is 14.2. The molecule has 0 radical (unpaired) electrons. The fraction of sp³-hybridized carbons (Fsp3) is 0.370. The lowest BCUT2D eigenvalue weighted by atomic mass is 9.73. The van der Waals surface area contributed by atoms with E-state index in [2.05, 4.69) is 27.4 Å². The smallest absolute Gasteiger partial charge is 0.371 e. The molecule has 1 fully saturated rings. The summed E-state index contributed by atoms with van der Waals surface area (Å²) < 4.78 is 42.6. The summed E-state index contributed by atoms with van der Waals surface area (Å²) in [5.74, 6) is -0.944. The third-order valence-electron chi connectivity index (χ3n) is 7.57. The van der Waals surface area contributed by atoms with Crippen molar-refractivity contribution in [1.29, 1.82) is 0 Å². The lowest BCUT2D eigenvalue weighted by Gasteiger charge is -2.42. The first-order valence-electron chi connectivity index (χ1n) is 12.3. The van der Waals surface area contributed by atoms with Crippen LogP contribution in [0, 0.1) is 0 Å². The van der Waals surface area contributed by atoms with E-state index in [4.69, 9.17) is 17.3 Å². The van der Waals surface area contributed by atoms with Gasteiger partial charge in [0, 0.05) is 24.5 Å². The zero-order chi connectivity index (χ0) is 26.4. The predicted octanol–water partition coefficient (Wildman–Crippen LogP) is 6.04. The molecule has 0 bridgehead atoms. The van der Waals surface area contributed by atoms with Crippen LogP contribution in [0.4, 0.5) is 30.4 Å². The van der Waals surface area contributed by atoms with E-state index in [0.29, 0.717) is 25.2 Å². The molecule has 1 amide bonds. The van der Waals surface area contributed by atoms with Crippen LogP contribution >= 0.6 is 11.6 Å². The average molecular weight is 530 g/mol. The molecule has 0 atom stereocenters. The highest BCUT2D eigenvalue weighted by molar-refractivity contribution is 6.30. The van der Waals surface area contributed by atoms with Crippen LogP contribution in [0.3, 0.4) is 0 Å². The first-order chi connectivity index (χ1) is 17.6. The number of aromatic nitrogens is 2. The van der Waals surface area contributed by atoms with E-state index in [1.54, 1.807) is 6.92 Å². The summed E-state index contributed by atoms with van der Waals surface area (Å²) in [5, 5.41) is 2.82. The number of amides is 1. The standard InChI is InChI=1S/C27H27ClF3N5O/c1-2-20-23(28)35-25(22(34-20)24(32)37)33-17-7-8-21(19(15-17)27(29,30)31)36-13-11-26(12-14-36)10-9-16-5-3-4-6-18(16)26/h3-8,15H,2,9-14H2,1H3,(H2,32,37)(H,33,35). The number of benzene rings is 2. The third-order valence-corrected chi connectivity index (χ3v) is 7.88. The number of nitrogens with one attached hydrogen (secondary N) is 1. The van der Waals surface area contributed by atoms with Gasteiger partial charge in [0.2, 0.25) is 0 Å². The van der Waals surface area contributed by atoms with Crippen LogP contribution in [0.2, 0.25) is 5.15 Å². The van der Waals surface area contributed by atoms with Gasteiger partial charge in [0.15, 0.2) is 16.7 Å². The Morgan fingerprint density at radius 3 is 2.54 bits per heavy atom. The molecule has 1 saturated heterocycles. The lowest BCUT2D eigenvalue weighted by Crippen LogP contribution is -2.42. The molecule has 6 nitrogen and oxygen atoms in total. The second-order valence-corrected chi connectivity index (χ2v) is 10.0. The van der Waals surface area contributed by atoms with Crippen molar-refractivity contribution in [3.8, 4) is 0 Å². The molecule has 10 heteroatoms. The molecule has 2 aromatic carbocycles. The number of alkyl halides is 3. The molecule has 2 aliphatic rings. The second-order valence-electron chi connectivity index (χ2n) is 9.66. The maximum Gasteiger partial charge on any atom is 0.418 e. The molecule has 3 aromatic rings. The van der Waals surface area contributed by atoms with Gasteiger partial charge in [-0.1, -0.05) is 42.8 Å². The van der Waals surface area contributed by atoms with Crippen molar-refractivity contribution in [2.24, 2.45) is 5.73 Å². The summed E-state index contributed by atoms with van der Waals surface area (Å²) in [5.41, 5.74) is 7.85. The van der Waals surface area contributed by atoms with E-state index >= 15 is 0 Å². The summed E-state index contributed by atoms with van der Waals surface area (Å²) in [7, 11) is 0. The molecule has 37 heavy (non-hydrogen) atoms. The Morgan fingerprint density at radius 2 is 1.86 bits per heavy atom. The highest BCUT2D eigenvalue weighted by Gasteiger charge is 2.42. The fourth-order valence-electron chi connectivity index (χ4n) is 5.65. The molecule has 1 spiro atoms. The summed E-state index contributed by atoms with van der Waals surface area (Å²) in [4.78, 5) is 22.0. The number of nitrogens with zero attached hydrogens (tertiary/aromatic N) is 3. The number of rotatable bonds is 5. The van der Waals surface area contributed by atoms with Crippen molar-refractivity contribution in [1.82, 2.24) is 9.97 Å². The van der Waals surface area contributed by atoms with Gasteiger partial charge in [0.25, 0.3) is 5.91 Å². The van der Waals surface area contributed by atoms with E-state index < -0.39 is 17.6 Å². The number of carbonyl (C=O) groups excluding carboxylic acids is 1. The maximum atomic E-state index is 14.2. The molecular weight excluding hydrogens is 503 g/mol. The monoisotopic (exact) mass is 529 g/mol. The van der Waals surface area contributed by atoms with Crippen molar-refractivity contribution in [3.05, 3.63) is 75.7 Å². The number of hydrogen-bond acceptors (Lipinski definition) is 5. The Bertz CT molecular complexity index is 1350. The van der Waals surface area contributed by atoms with E-state index in [-0.39, 0.29) is 33.5 Å². The van der Waals surface area contributed by atoms with Gasteiger partial charge in [0.1, 0.15) is 0 Å². The molecule has 2 heterocycles. The van der Waals surface area contributed by atoms with Gasteiger partial charge in [-0.2, -0.15) is 13.2 Å². The molecule has 5 rings (SSSR count). The Labute approximate surface area is 218 Å². The Hall–Kier alpha value is -3.33. The number of primary amides is 1. The van der Waals surface area contributed by atoms with E-state index in [0.717, 1.165) is 31.7 Å². The quantitative estimate of drug-likeness (QED) is 0.421. The van der Waals surface area contributed by atoms with Gasteiger partial charge < -0.3 is 16.0 Å². The lowest BCUT2D eigenvalue weighted by molar-refractivity contribution is -0.137. The van der Waals surface area contributed by atoms with Crippen LogP contribution < -0.4 is 16.0 Å². The van der Waals surface area contributed by atoms with Gasteiger partial charge >= 0.3 is 6.18 Å². The zero-order valence-corrected chi connectivity index (χ0v) is 21.1. The number of carbonyl (C=O) groups is 1. The number of hydrogen-bond donors (Lipinski definition) is 2. The first kappa shape index (κ1) is 25.3. The van der Waals surface area contributed by atoms with E-state index in [1.165, 1.54) is 23.3 Å². The van der Waals surface area contributed by atoms with Crippen molar-refractivity contribution in [2.45, 2.75) is 50.6 Å². The Kier molecular flexibility index (Phi) is 6.52. The van der Waals surface area contributed by atoms with Gasteiger partial charge in [0.05, 0.1) is 11.3 Å². The molecule has 3 N–H and O–H groups in total.